The summed E-state index contributed by atoms with van der Waals surface area (Å²) in [4.78, 5) is 11.5. The number of amides is 1. The van der Waals surface area contributed by atoms with Gasteiger partial charge in [0.15, 0.2) is 0 Å². The van der Waals surface area contributed by atoms with Crippen LogP contribution in [-0.4, -0.2) is 37.8 Å². The van der Waals surface area contributed by atoms with Crippen molar-refractivity contribution >= 4 is 15.9 Å². The second-order valence-corrected chi connectivity index (χ2v) is 7.23. The third-order valence-corrected chi connectivity index (χ3v) is 5.87. The van der Waals surface area contributed by atoms with Gasteiger partial charge in [-0.3, -0.25) is 4.79 Å². The number of nitrogens with zero attached hydrogens (tertiary/aromatic N) is 1. The van der Waals surface area contributed by atoms with Crippen molar-refractivity contribution in [2.75, 3.05) is 13.1 Å². The van der Waals surface area contributed by atoms with Crippen molar-refractivity contribution in [1.29, 1.82) is 0 Å². The first-order valence-electron chi connectivity index (χ1n) is 7.00. The molecule has 1 amide bonds. The molecular formula is C14H21N3O3S. The van der Waals surface area contributed by atoms with Gasteiger partial charge < -0.3 is 11.5 Å². The number of carbonyl (C=O) groups is 1. The molecule has 1 fully saturated rings. The molecule has 1 atom stereocenters. The van der Waals surface area contributed by atoms with Gasteiger partial charge in [-0.05, 0) is 37.5 Å². The first-order valence-corrected chi connectivity index (χ1v) is 8.44. The molecule has 1 heterocycles. The lowest BCUT2D eigenvalue weighted by Crippen LogP contribution is -2.47. The Hall–Kier alpha value is -1.44. The second-order valence-electron chi connectivity index (χ2n) is 5.34. The summed E-state index contributed by atoms with van der Waals surface area (Å²) in [5.41, 5.74) is 11.9. The van der Waals surface area contributed by atoms with E-state index in [1.54, 1.807) is 13.0 Å². The smallest absolute Gasteiger partial charge is 0.249 e. The maximum atomic E-state index is 12.8. The van der Waals surface area contributed by atoms with E-state index in [1.165, 1.54) is 16.4 Å². The fourth-order valence-corrected chi connectivity index (χ4v) is 4.42. The zero-order valence-electron chi connectivity index (χ0n) is 12.1. The van der Waals surface area contributed by atoms with Crippen LogP contribution in [0.25, 0.3) is 0 Å². The highest BCUT2D eigenvalue weighted by atomic mass is 32.2. The SMILES string of the molecule is Cc1ccc(S(=O)(=O)N2CCCCC2CN)cc1C(N)=O. The normalized spacial score (nSPS) is 20.4. The molecule has 21 heavy (non-hydrogen) atoms. The molecular weight excluding hydrogens is 290 g/mol. The molecule has 1 aromatic carbocycles. The number of nitrogens with two attached hydrogens (primary N) is 2. The number of piperidine rings is 1. The van der Waals surface area contributed by atoms with Gasteiger partial charge in [-0.25, -0.2) is 8.42 Å². The number of benzene rings is 1. The summed E-state index contributed by atoms with van der Waals surface area (Å²) in [7, 11) is -3.65. The van der Waals surface area contributed by atoms with Crippen LogP contribution >= 0.6 is 0 Å². The fraction of sp³-hybridized carbons (Fsp3) is 0.500. The Morgan fingerprint density at radius 1 is 1.38 bits per heavy atom. The number of aryl methyl sites for hydroxylation is 1. The number of hydrogen-bond donors (Lipinski definition) is 2. The standard InChI is InChI=1S/C14H21N3O3S/c1-10-5-6-12(8-13(10)14(16)18)21(19,20)17-7-3-2-4-11(17)9-15/h5-6,8,11H,2-4,7,9,15H2,1H3,(H2,16,18). The summed E-state index contributed by atoms with van der Waals surface area (Å²) in [6.45, 7) is 2.48. The van der Waals surface area contributed by atoms with Gasteiger partial charge >= 0.3 is 0 Å². The molecule has 116 valence electrons. The zero-order chi connectivity index (χ0) is 15.6. The Kier molecular flexibility index (Phi) is 4.65. The number of rotatable bonds is 4. The molecule has 0 bridgehead atoms. The third-order valence-electron chi connectivity index (χ3n) is 3.93. The van der Waals surface area contributed by atoms with Crippen LogP contribution < -0.4 is 11.5 Å². The van der Waals surface area contributed by atoms with Crippen LogP contribution in [0.1, 0.15) is 35.2 Å². The fourth-order valence-electron chi connectivity index (χ4n) is 2.69. The predicted octanol–water partition coefficient (Wildman–Crippen LogP) is 0.596. The zero-order valence-corrected chi connectivity index (χ0v) is 12.9. The summed E-state index contributed by atoms with van der Waals surface area (Å²) in [6.07, 6.45) is 2.57. The Labute approximate surface area is 125 Å². The van der Waals surface area contributed by atoms with Gasteiger partial charge in [0.25, 0.3) is 0 Å². The second kappa shape index (κ2) is 6.13. The van der Waals surface area contributed by atoms with E-state index in [-0.39, 0.29) is 16.5 Å². The predicted molar refractivity (Wildman–Crippen MR) is 80.3 cm³/mol. The molecule has 1 aromatic rings. The molecule has 0 spiro atoms. The number of hydrogen-bond acceptors (Lipinski definition) is 4. The maximum Gasteiger partial charge on any atom is 0.249 e. The molecule has 1 aliphatic heterocycles. The van der Waals surface area contributed by atoms with Crippen molar-refractivity contribution in [1.82, 2.24) is 4.31 Å². The molecule has 0 saturated carbocycles. The van der Waals surface area contributed by atoms with Crippen LogP contribution in [0.4, 0.5) is 0 Å². The Morgan fingerprint density at radius 3 is 2.71 bits per heavy atom. The highest BCUT2D eigenvalue weighted by molar-refractivity contribution is 7.89. The maximum absolute atomic E-state index is 12.8. The lowest BCUT2D eigenvalue weighted by molar-refractivity contribution is 0.0999. The van der Waals surface area contributed by atoms with Crippen molar-refractivity contribution in [3.05, 3.63) is 29.3 Å². The van der Waals surface area contributed by atoms with E-state index in [0.717, 1.165) is 19.3 Å². The van der Waals surface area contributed by atoms with Gasteiger partial charge in [-0.15, -0.1) is 0 Å². The molecule has 1 saturated heterocycles. The van der Waals surface area contributed by atoms with Crippen LogP contribution in [0.5, 0.6) is 0 Å². The summed E-state index contributed by atoms with van der Waals surface area (Å²) >= 11 is 0. The van der Waals surface area contributed by atoms with Crippen LogP contribution in [0.3, 0.4) is 0 Å². The van der Waals surface area contributed by atoms with E-state index in [9.17, 15) is 13.2 Å². The average Bonchev–Trinajstić information content (AvgIpc) is 2.47. The number of carbonyl (C=O) groups excluding carboxylic acids is 1. The van der Waals surface area contributed by atoms with Crippen molar-refractivity contribution < 1.29 is 13.2 Å². The summed E-state index contributed by atoms with van der Waals surface area (Å²) in [5.74, 6) is -0.626. The molecule has 0 radical (unpaired) electrons. The summed E-state index contributed by atoms with van der Waals surface area (Å²) in [5, 5.41) is 0. The minimum Gasteiger partial charge on any atom is -0.366 e. The molecule has 2 rings (SSSR count). The third kappa shape index (κ3) is 3.09. The minimum atomic E-state index is -3.65. The molecule has 1 aliphatic rings. The van der Waals surface area contributed by atoms with Crippen molar-refractivity contribution in [3.8, 4) is 0 Å². The van der Waals surface area contributed by atoms with Crippen LogP contribution in [0.15, 0.2) is 23.1 Å². The van der Waals surface area contributed by atoms with Crippen molar-refractivity contribution in [2.24, 2.45) is 11.5 Å². The quantitative estimate of drug-likeness (QED) is 0.849. The topological polar surface area (TPSA) is 106 Å². The van der Waals surface area contributed by atoms with E-state index in [4.69, 9.17) is 11.5 Å². The van der Waals surface area contributed by atoms with Gasteiger partial charge in [-0.1, -0.05) is 12.5 Å². The first-order chi connectivity index (χ1) is 9.87. The van der Waals surface area contributed by atoms with E-state index in [0.29, 0.717) is 18.7 Å². The van der Waals surface area contributed by atoms with Gasteiger partial charge in [0, 0.05) is 24.7 Å². The van der Waals surface area contributed by atoms with E-state index < -0.39 is 15.9 Å². The van der Waals surface area contributed by atoms with E-state index >= 15 is 0 Å². The monoisotopic (exact) mass is 311 g/mol. The Bertz CT molecular complexity index is 643. The highest BCUT2D eigenvalue weighted by Crippen LogP contribution is 2.26. The number of primary amides is 1. The Morgan fingerprint density at radius 2 is 2.10 bits per heavy atom. The van der Waals surface area contributed by atoms with Crippen molar-refractivity contribution in [2.45, 2.75) is 37.1 Å². The molecule has 7 heteroatoms. The minimum absolute atomic E-state index is 0.0993. The summed E-state index contributed by atoms with van der Waals surface area (Å²) in [6, 6.07) is 4.30. The van der Waals surface area contributed by atoms with Crippen molar-refractivity contribution in [3.63, 3.8) is 0 Å². The summed E-state index contributed by atoms with van der Waals surface area (Å²) < 4.78 is 27.0. The van der Waals surface area contributed by atoms with Gasteiger partial charge in [-0.2, -0.15) is 4.31 Å². The molecule has 1 unspecified atom stereocenters. The van der Waals surface area contributed by atoms with Gasteiger partial charge in [0.1, 0.15) is 0 Å². The lowest BCUT2D eigenvalue weighted by atomic mass is 10.1. The largest absolute Gasteiger partial charge is 0.366 e. The first kappa shape index (κ1) is 15.9. The molecule has 4 N–H and O–H groups in total. The molecule has 6 nitrogen and oxygen atoms in total. The molecule has 0 aromatic heterocycles. The highest BCUT2D eigenvalue weighted by Gasteiger charge is 2.33. The number of sulfonamides is 1. The van der Waals surface area contributed by atoms with Crippen LogP contribution in [0.2, 0.25) is 0 Å². The van der Waals surface area contributed by atoms with Gasteiger partial charge in [0.05, 0.1) is 4.90 Å². The van der Waals surface area contributed by atoms with Crippen LogP contribution in [-0.2, 0) is 10.0 Å². The van der Waals surface area contributed by atoms with Crippen LogP contribution in [0, 0.1) is 6.92 Å². The molecule has 0 aliphatic carbocycles. The average molecular weight is 311 g/mol. The van der Waals surface area contributed by atoms with E-state index in [2.05, 4.69) is 0 Å². The lowest BCUT2D eigenvalue weighted by Gasteiger charge is -2.34. The van der Waals surface area contributed by atoms with Gasteiger partial charge in [0.2, 0.25) is 15.9 Å². The Balaban J connectivity index is 2.43. The van der Waals surface area contributed by atoms with E-state index in [1.807, 2.05) is 0 Å².